The summed E-state index contributed by atoms with van der Waals surface area (Å²) < 4.78 is 5.82. The Morgan fingerprint density at radius 2 is 1.78 bits per heavy atom. The number of Topliss-reactive ketones (excluding diaryl/α,β-unsaturated/α-hetero) is 1. The Hall–Kier alpha value is -2.66. The van der Waals surface area contributed by atoms with E-state index in [4.69, 9.17) is 17.0 Å². The quantitative estimate of drug-likeness (QED) is 0.591. The summed E-state index contributed by atoms with van der Waals surface area (Å²) >= 11 is 5.57. The summed E-state index contributed by atoms with van der Waals surface area (Å²) in [4.78, 5) is 15.4. The number of hydrogen-bond donors (Lipinski definition) is 1. The zero-order valence-corrected chi connectivity index (χ0v) is 16.7. The molecule has 140 valence electrons. The fourth-order valence-corrected chi connectivity index (χ4v) is 3.82. The van der Waals surface area contributed by atoms with E-state index in [1.54, 1.807) is 0 Å². The smallest absolute Gasteiger partial charge is 0.193 e. The maximum atomic E-state index is 13.4. The Morgan fingerprint density at radius 3 is 2.44 bits per heavy atom. The highest BCUT2D eigenvalue weighted by atomic mass is 32.1. The van der Waals surface area contributed by atoms with Crippen LogP contribution in [-0.2, 0) is 0 Å². The molecule has 0 fully saturated rings. The predicted molar refractivity (Wildman–Crippen MR) is 112 cm³/mol. The highest BCUT2D eigenvalue weighted by molar-refractivity contribution is 7.80. The number of carbonyl (C=O) groups is 1. The van der Waals surface area contributed by atoms with Gasteiger partial charge in [-0.05, 0) is 39.1 Å². The second-order valence-corrected chi connectivity index (χ2v) is 6.68. The number of rotatable bonds is 6. The number of ether oxygens (including phenoxy) is 1. The van der Waals surface area contributed by atoms with Gasteiger partial charge in [-0.1, -0.05) is 48.5 Å². The van der Waals surface area contributed by atoms with E-state index in [9.17, 15) is 4.79 Å². The van der Waals surface area contributed by atoms with Crippen LogP contribution in [0.5, 0.6) is 5.75 Å². The lowest BCUT2D eigenvalue weighted by atomic mass is 9.88. The van der Waals surface area contributed by atoms with E-state index in [1.807, 2.05) is 80.3 Å². The van der Waals surface area contributed by atoms with Gasteiger partial charge in [0.25, 0.3) is 0 Å². The molecule has 0 aromatic heterocycles. The van der Waals surface area contributed by atoms with Gasteiger partial charge in [-0.3, -0.25) is 4.79 Å². The van der Waals surface area contributed by atoms with Crippen molar-refractivity contribution in [3.63, 3.8) is 0 Å². The molecule has 1 N–H and O–H groups in total. The highest BCUT2D eigenvalue weighted by Gasteiger charge is 2.34. The summed E-state index contributed by atoms with van der Waals surface area (Å²) in [6.07, 6.45) is 0. The van der Waals surface area contributed by atoms with Crippen molar-refractivity contribution in [2.24, 2.45) is 0 Å². The van der Waals surface area contributed by atoms with Crippen LogP contribution in [-0.4, -0.2) is 28.9 Å². The third kappa shape index (κ3) is 3.74. The van der Waals surface area contributed by atoms with E-state index in [1.165, 1.54) is 0 Å². The maximum absolute atomic E-state index is 13.4. The molecule has 0 spiro atoms. The Labute approximate surface area is 165 Å². The van der Waals surface area contributed by atoms with Gasteiger partial charge in [-0.15, -0.1) is 0 Å². The number of ketones is 1. The first-order valence-corrected chi connectivity index (χ1v) is 9.59. The van der Waals surface area contributed by atoms with Gasteiger partial charge in [0.05, 0.1) is 12.6 Å². The van der Waals surface area contributed by atoms with Crippen LogP contribution >= 0.6 is 12.2 Å². The van der Waals surface area contributed by atoms with E-state index in [0.29, 0.717) is 29.4 Å². The van der Waals surface area contributed by atoms with E-state index in [0.717, 1.165) is 17.0 Å². The van der Waals surface area contributed by atoms with Gasteiger partial charge < -0.3 is 15.0 Å². The minimum atomic E-state index is -0.351. The van der Waals surface area contributed by atoms with E-state index >= 15 is 0 Å². The molecule has 0 radical (unpaired) electrons. The van der Waals surface area contributed by atoms with E-state index in [-0.39, 0.29) is 11.8 Å². The van der Waals surface area contributed by atoms with Crippen LogP contribution in [0.15, 0.2) is 65.9 Å². The van der Waals surface area contributed by atoms with Gasteiger partial charge in [0.2, 0.25) is 0 Å². The highest BCUT2D eigenvalue weighted by Crippen LogP contribution is 2.36. The van der Waals surface area contributed by atoms with E-state index < -0.39 is 0 Å². The average Bonchev–Trinajstić information content (AvgIpc) is 2.69. The lowest BCUT2D eigenvalue weighted by Crippen LogP contribution is -2.47. The number of allylic oxidation sites excluding steroid dienone is 1. The van der Waals surface area contributed by atoms with Crippen LogP contribution in [0.3, 0.4) is 0 Å². The topological polar surface area (TPSA) is 41.6 Å². The molecule has 27 heavy (non-hydrogen) atoms. The van der Waals surface area contributed by atoms with Crippen molar-refractivity contribution in [1.29, 1.82) is 0 Å². The molecule has 3 rings (SSSR count). The molecule has 5 heteroatoms. The minimum absolute atomic E-state index is 0.00199. The van der Waals surface area contributed by atoms with Gasteiger partial charge >= 0.3 is 0 Å². The molecule has 0 amide bonds. The fraction of sp³-hybridized carbons (Fsp3) is 0.273. The van der Waals surface area contributed by atoms with Crippen LogP contribution in [0.1, 0.15) is 42.7 Å². The first kappa shape index (κ1) is 19.1. The molecule has 1 unspecified atom stereocenters. The Morgan fingerprint density at radius 1 is 1.11 bits per heavy atom. The Kier molecular flexibility index (Phi) is 5.91. The molecule has 0 bridgehead atoms. The summed E-state index contributed by atoms with van der Waals surface area (Å²) in [5.74, 6) is 0.759. The number of thiocarbonyl (C=S) groups is 1. The Bertz CT molecular complexity index is 877. The largest absolute Gasteiger partial charge is 0.494 e. The van der Waals surface area contributed by atoms with Crippen molar-refractivity contribution in [1.82, 2.24) is 10.2 Å². The van der Waals surface area contributed by atoms with Gasteiger partial charge in [0, 0.05) is 28.9 Å². The summed E-state index contributed by atoms with van der Waals surface area (Å²) in [6, 6.07) is 16.8. The van der Waals surface area contributed by atoms with Crippen LogP contribution in [0.25, 0.3) is 0 Å². The van der Waals surface area contributed by atoms with E-state index in [2.05, 4.69) is 5.32 Å². The molecule has 2 aromatic rings. The van der Waals surface area contributed by atoms with Gasteiger partial charge in [0.1, 0.15) is 5.75 Å². The van der Waals surface area contributed by atoms with Crippen molar-refractivity contribution in [3.05, 3.63) is 77.0 Å². The zero-order chi connectivity index (χ0) is 19.4. The van der Waals surface area contributed by atoms with Crippen molar-refractivity contribution in [2.45, 2.75) is 26.8 Å². The summed E-state index contributed by atoms with van der Waals surface area (Å²) in [6.45, 7) is 7.19. The van der Waals surface area contributed by atoms with Crippen molar-refractivity contribution >= 4 is 23.1 Å². The lowest BCUT2D eigenvalue weighted by molar-refractivity contribution is 0.102. The van der Waals surface area contributed by atoms with Gasteiger partial charge in [-0.2, -0.15) is 0 Å². The predicted octanol–water partition coefficient (Wildman–Crippen LogP) is 4.49. The summed E-state index contributed by atoms with van der Waals surface area (Å²) in [5.41, 5.74) is 3.16. The number of carbonyl (C=O) groups excluding carboxylic acids is 1. The normalized spacial score (nSPS) is 16.9. The molecule has 0 aliphatic carbocycles. The van der Waals surface area contributed by atoms with Crippen molar-refractivity contribution in [3.8, 4) is 5.75 Å². The summed E-state index contributed by atoms with van der Waals surface area (Å²) in [7, 11) is 0. The first-order valence-electron chi connectivity index (χ1n) is 9.18. The first-order chi connectivity index (χ1) is 13.1. The third-order valence-corrected chi connectivity index (χ3v) is 5.06. The SMILES string of the molecule is CCOc1ccccc1C1NC(=S)N(CC)C(C)=C1C(=O)c1ccccc1. The monoisotopic (exact) mass is 380 g/mol. The van der Waals surface area contributed by atoms with Crippen molar-refractivity contribution < 1.29 is 9.53 Å². The molecule has 1 heterocycles. The molecular formula is C22H24N2O2S. The second-order valence-electron chi connectivity index (χ2n) is 6.29. The van der Waals surface area contributed by atoms with Crippen LogP contribution in [0.2, 0.25) is 0 Å². The number of benzene rings is 2. The fourth-order valence-electron chi connectivity index (χ4n) is 3.44. The van der Waals surface area contributed by atoms with Gasteiger partial charge in [0.15, 0.2) is 10.9 Å². The number of nitrogens with zero attached hydrogens (tertiary/aromatic N) is 1. The third-order valence-electron chi connectivity index (χ3n) is 4.72. The number of hydrogen-bond acceptors (Lipinski definition) is 3. The maximum Gasteiger partial charge on any atom is 0.193 e. The van der Waals surface area contributed by atoms with Crippen LogP contribution in [0, 0.1) is 0 Å². The molecule has 1 aliphatic heterocycles. The molecule has 1 aliphatic rings. The minimum Gasteiger partial charge on any atom is -0.494 e. The molecular weight excluding hydrogens is 356 g/mol. The second kappa shape index (κ2) is 8.35. The standard InChI is InChI=1S/C22H24N2O2S/c1-4-24-15(3)19(21(25)16-11-7-6-8-12-16)20(23-22(24)27)17-13-9-10-14-18(17)26-5-2/h6-14,20H,4-5H2,1-3H3,(H,23,27). The number of nitrogens with one attached hydrogen (secondary N) is 1. The number of para-hydroxylation sites is 1. The molecule has 4 nitrogen and oxygen atoms in total. The molecule has 2 aromatic carbocycles. The molecule has 0 saturated heterocycles. The molecule has 0 saturated carbocycles. The summed E-state index contributed by atoms with van der Waals surface area (Å²) in [5, 5.41) is 3.98. The average molecular weight is 381 g/mol. The van der Waals surface area contributed by atoms with Crippen molar-refractivity contribution in [2.75, 3.05) is 13.2 Å². The molecule has 1 atom stereocenters. The van der Waals surface area contributed by atoms with Crippen LogP contribution < -0.4 is 10.1 Å². The lowest BCUT2D eigenvalue weighted by Gasteiger charge is -2.37. The Balaban J connectivity index is 2.15. The zero-order valence-electron chi connectivity index (χ0n) is 15.9. The van der Waals surface area contributed by atoms with Crippen LogP contribution in [0.4, 0.5) is 0 Å². The van der Waals surface area contributed by atoms with Gasteiger partial charge in [-0.25, -0.2) is 0 Å².